The molecule has 0 bridgehead atoms. The second-order valence-electron chi connectivity index (χ2n) is 10.1. The minimum absolute atomic E-state index is 0.961. The van der Waals surface area contributed by atoms with Crippen LogP contribution in [0, 0.1) is 13.8 Å². The second-order valence-corrected chi connectivity index (χ2v) is 10.1. The molecule has 0 heterocycles. The third-order valence-electron chi connectivity index (χ3n) is 8.16. The minimum atomic E-state index is 0.961. The summed E-state index contributed by atoms with van der Waals surface area (Å²) in [6, 6.07) is 44.2. The third-order valence-corrected chi connectivity index (χ3v) is 8.16. The summed E-state index contributed by atoms with van der Waals surface area (Å²) in [4.78, 5) is 0. The minimum Gasteiger partial charge on any atom is -0.0622 e. The highest BCUT2D eigenvalue weighted by Gasteiger charge is 2.29. The van der Waals surface area contributed by atoms with Gasteiger partial charge in [-0.1, -0.05) is 121 Å². The Labute approximate surface area is 218 Å². The molecule has 0 unspecified atom stereocenters. The van der Waals surface area contributed by atoms with Crippen molar-refractivity contribution in [3.8, 4) is 44.5 Å². The molecule has 1 aliphatic rings. The van der Waals surface area contributed by atoms with Gasteiger partial charge in [-0.25, -0.2) is 0 Å². The molecule has 0 fully saturated rings. The molecule has 0 aromatic heterocycles. The average molecular weight is 473 g/mol. The van der Waals surface area contributed by atoms with Gasteiger partial charge in [0.05, 0.1) is 0 Å². The summed E-state index contributed by atoms with van der Waals surface area (Å²) in [6.07, 6.45) is 0.961. The van der Waals surface area contributed by atoms with Crippen LogP contribution in [0.5, 0.6) is 0 Å². The molecule has 37 heavy (non-hydrogen) atoms. The zero-order valence-electron chi connectivity index (χ0n) is 21.3. The largest absolute Gasteiger partial charge is 0.0622 e. The average Bonchev–Trinajstić information content (AvgIpc) is 3.33. The lowest BCUT2D eigenvalue weighted by Crippen LogP contribution is -2.01. The Bertz CT molecular complexity index is 1800. The van der Waals surface area contributed by atoms with Gasteiger partial charge in [-0.05, 0) is 97.8 Å². The quantitative estimate of drug-likeness (QED) is 0.240. The molecule has 1 aliphatic carbocycles. The molecule has 7 rings (SSSR count). The smallest absolute Gasteiger partial charge is 0.000695 e. The fourth-order valence-corrected chi connectivity index (χ4v) is 6.36. The van der Waals surface area contributed by atoms with Gasteiger partial charge in [0.15, 0.2) is 0 Å². The lowest BCUT2D eigenvalue weighted by atomic mass is 9.80. The molecule has 0 spiro atoms. The van der Waals surface area contributed by atoms with Crippen molar-refractivity contribution in [3.05, 3.63) is 144 Å². The molecule has 0 radical (unpaired) electrons. The van der Waals surface area contributed by atoms with Crippen LogP contribution in [-0.4, -0.2) is 0 Å². The number of hydrogen-bond donors (Lipinski definition) is 0. The summed E-state index contributed by atoms with van der Waals surface area (Å²) >= 11 is 0. The fraction of sp³-hybridized carbons (Fsp3) is 0.0811. The van der Waals surface area contributed by atoms with E-state index in [2.05, 4.69) is 135 Å². The molecule has 0 N–H and O–H groups in total. The van der Waals surface area contributed by atoms with E-state index in [0.29, 0.717) is 0 Å². The summed E-state index contributed by atoms with van der Waals surface area (Å²) in [5.74, 6) is 0. The van der Waals surface area contributed by atoms with Gasteiger partial charge in [0, 0.05) is 0 Å². The van der Waals surface area contributed by atoms with E-state index in [4.69, 9.17) is 0 Å². The number of fused-ring (bicyclic) bond motifs is 4. The predicted octanol–water partition coefficient (Wildman–Crippen LogP) is 10.0. The van der Waals surface area contributed by atoms with E-state index in [1.807, 2.05) is 0 Å². The fourth-order valence-electron chi connectivity index (χ4n) is 6.36. The Morgan fingerprint density at radius 2 is 1.03 bits per heavy atom. The first-order valence-electron chi connectivity index (χ1n) is 13.1. The van der Waals surface area contributed by atoms with Crippen LogP contribution in [0.4, 0.5) is 0 Å². The molecule has 0 aliphatic heterocycles. The first-order chi connectivity index (χ1) is 18.2. The standard InChI is InChI=1S/C37H28/c1-24-25(2)36(33-22-12-17-27-15-6-8-18-30(27)33)37-31-20-9-7-16-28(31)23-34(37)35(24)32-21-11-10-19-29(32)26-13-4-3-5-14-26/h3-22H,23H2,1-2H3. The molecule has 0 amide bonds. The molecule has 0 saturated carbocycles. The van der Waals surface area contributed by atoms with Crippen LogP contribution < -0.4 is 0 Å². The maximum absolute atomic E-state index is 2.32. The molecule has 6 aromatic rings. The zero-order valence-corrected chi connectivity index (χ0v) is 21.3. The van der Waals surface area contributed by atoms with Gasteiger partial charge >= 0.3 is 0 Å². The molecule has 0 saturated heterocycles. The van der Waals surface area contributed by atoms with E-state index < -0.39 is 0 Å². The van der Waals surface area contributed by atoms with Crippen molar-refractivity contribution < 1.29 is 0 Å². The third kappa shape index (κ3) is 3.37. The van der Waals surface area contributed by atoms with Crippen LogP contribution in [0.1, 0.15) is 22.3 Å². The first kappa shape index (κ1) is 21.8. The van der Waals surface area contributed by atoms with E-state index in [9.17, 15) is 0 Å². The van der Waals surface area contributed by atoms with Crippen LogP contribution in [-0.2, 0) is 6.42 Å². The first-order valence-corrected chi connectivity index (χ1v) is 13.1. The van der Waals surface area contributed by atoms with E-state index in [-0.39, 0.29) is 0 Å². The highest BCUT2D eigenvalue weighted by atomic mass is 14.3. The lowest BCUT2D eigenvalue weighted by Gasteiger charge is -2.23. The van der Waals surface area contributed by atoms with Crippen LogP contribution in [0.2, 0.25) is 0 Å². The van der Waals surface area contributed by atoms with Crippen molar-refractivity contribution >= 4 is 10.8 Å². The maximum atomic E-state index is 2.32. The van der Waals surface area contributed by atoms with Crippen molar-refractivity contribution in [3.63, 3.8) is 0 Å². The lowest BCUT2D eigenvalue weighted by molar-refractivity contribution is 1.23. The van der Waals surface area contributed by atoms with Gasteiger partial charge in [-0.2, -0.15) is 0 Å². The Kier molecular flexibility index (Phi) is 5.08. The Hall–Kier alpha value is -4.42. The molecular weight excluding hydrogens is 444 g/mol. The molecule has 0 heteroatoms. The van der Waals surface area contributed by atoms with Crippen molar-refractivity contribution in [2.45, 2.75) is 20.3 Å². The predicted molar refractivity (Wildman–Crippen MR) is 158 cm³/mol. The molecule has 176 valence electrons. The van der Waals surface area contributed by atoms with Gasteiger partial charge in [0.2, 0.25) is 0 Å². The number of benzene rings is 6. The van der Waals surface area contributed by atoms with Crippen LogP contribution in [0.15, 0.2) is 121 Å². The number of rotatable bonds is 3. The molecule has 0 nitrogen and oxygen atoms in total. The Balaban J connectivity index is 1.60. The Morgan fingerprint density at radius 3 is 1.86 bits per heavy atom. The van der Waals surface area contributed by atoms with E-state index in [1.165, 1.54) is 77.5 Å². The normalized spacial score (nSPS) is 11.9. The monoisotopic (exact) mass is 472 g/mol. The van der Waals surface area contributed by atoms with Gasteiger partial charge in [0.1, 0.15) is 0 Å². The molecule has 6 aromatic carbocycles. The summed E-state index contributed by atoms with van der Waals surface area (Å²) < 4.78 is 0. The van der Waals surface area contributed by atoms with Crippen molar-refractivity contribution in [2.24, 2.45) is 0 Å². The summed E-state index contributed by atoms with van der Waals surface area (Å²) in [6.45, 7) is 4.65. The van der Waals surface area contributed by atoms with Gasteiger partial charge in [-0.3, -0.25) is 0 Å². The zero-order chi connectivity index (χ0) is 24.9. The summed E-state index contributed by atoms with van der Waals surface area (Å²) in [5.41, 5.74) is 16.4. The van der Waals surface area contributed by atoms with Gasteiger partial charge < -0.3 is 0 Å². The summed E-state index contributed by atoms with van der Waals surface area (Å²) in [5, 5.41) is 2.60. The molecular formula is C37H28. The van der Waals surface area contributed by atoms with Crippen molar-refractivity contribution in [1.82, 2.24) is 0 Å². The van der Waals surface area contributed by atoms with Crippen molar-refractivity contribution in [1.29, 1.82) is 0 Å². The maximum Gasteiger partial charge on any atom is -0.000695 e. The van der Waals surface area contributed by atoms with Crippen LogP contribution in [0.25, 0.3) is 55.3 Å². The van der Waals surface area contributed by atoms with Gasteiger partial charge in [0.25, 0.3) is 0 Å². The van der Waals surface area contributed by atoms with Crippen molar-refractivity contribution in [2.75, 3.05) is 0 Å². The summed E-state index contributed by atoms with van der Waals surface area (Å²) in [7, 11) is 0. The Morgan fingerprint density at radius 1 is 0.432 bits per heavy atom. The second kappa shape index (κ2) is 8.61. The number of hydrogen-bond acceptors (Lipinski definition) is 0. The topological polar surface area (TPSA) is 0 Å². The SMILES string of the molecule is Cc1c(C)c(-c2cccc3ccccc23)c2c(c1-c1ccccc1-c1ccccc1)Cc1ccccc1-2. The van der Waals surface area contributed by atoms with Crippen LogP contribution >= 0.6 is 0 Å². The molecule has 0 atom stereocenters. The highest BCUT2D eigenvalue weighted by Crippen LogP contribution is 2.52. The van der Waals surface area contributed by atoms with E-state index in [1.54, 1.807) is 0 Å². The van der Waals surface area contributed by atoms with Crippen LogP contribution in [0.3, 0.4) is 0 Å². The van der Waals surface area contributed by atoms with E-state index in [0.717, 1.165) is 6.42 Å². The van der Waals surface area contributed by atoms with Gasteiger partial charge in [-0.15, -0.1) is 0 Å². The van der Waals surface area contributed by atoms with E-state index >= 15 is 0 Å². The highest BCUT2D eigenvalue weighted by molar-refractivity contribution is 6.06.